The van der Waals surface area contributed by atoms with E-state index < -0.39 is 5.82 Å². The van der Waals surface area contributed by atoms with Gasteiger partial charge in [-0.3, -0.25) is 9.36 Å². The van der Waals surface area contributed by atoms with Crippen LogP contribution in [0.15, 0.2) is 42.5 Å². The number of rotatable bonds is 6. The standard InChI is InChI=1S/C27H28FN5O2/c1-30-23-11-8-19(15-22(23)28)26-31-25(27(35)32-13-2-3-20(29)16-32)24(12-14-34)33(26)21-9-6-18(7-10-21)17-4-5-17/h6-11,15,17,20,34H,2-5,12-14,16,29H2/t20-/m1/s1. The number of hydrogen-bond donors (Lipinski definition) is 2. The zero-order chi connectivity index (χ0) is 24.5. The second-order valence-electron chi connectivity index (χ2n) is 9.34. The highest BCUT2D eigenvalue weighted by molar-refractivity contribution is 5.95. The van der Waals surface area contributed by atoms with Gasteiger partial charge in [-0.15, -0.1) is 0 Å². The monoisotopic (exact) mass is 473 g/mol. The van der Waals surface area contributed by atoms with Crippen molar-refractivity contribution in [3.8, 4) is 17.1 Å². The lowest BCUT2D eigenvalue weighted by atomic mass is 10.1. The van der Waals surface area contributed by atoms with Crippen LogP contribution in [0.1, 0.15) is 53.3 Å². The van der Waals surface area contributed by atoms with Gasteiger partial charge in [0.1, 0.15) is 11.6 Å². The molecule has 2 heterocycles. The molecular formula is C27H28FN5O2. The molecule has 0 spiro atoms. The quantitative estimate of drug-likeness (QED) is 0.525. The molecule has 2 aromatic carbocycles. The van der Waals surface area contributed by atoms with E-state index in [9.17, 15) is 14.3 Å². The van der Waals surface area contributed by atoms with E-state index in [1.807, 2.05) is 16.7 Å². The van der Waals surface area contributed by atoms with Crippen LogP contribution in [0.4, 0.5) is 10.1 Å². The van der Waals surface area contributed by atoms with Crippen molar-refractivity contribution in [2.75, 3.05) is 19.7 Å². The predicted octanol–water partition coefficient (Wildman–Crippen LogP) is 4.20. The van der Waals surface area contributed by atoms with Crippen molar-refractivity contribution in [1.29, 1.82) is 0 Å². The molecule has 1 amide bonds. The van der Waals surface area contributed by atoms with Gasteiger partial charge in [-0.05, 0) is 55.4 Å². The van der Waals surface area contributed by atoms with E-state index in [1.54, 1.807) is 11.0 Å². The summed E-state index contributed by atoms with van der Waals surface area (Å²) in [5, 5.41) is 9.89. The number of likely N-dealkylation sites (tertiary alicyclic amines) is 1. The Morgan fingerprint density at radius 1 is 1.20 bits per heavy atom. The molecular weight excluding hydrogens is 445 g/mol. The number of nitrogens with zero attached hydrogens (tertiary/aromatic N) is 4. The van der Waals surface area contributed by atoms with Crippen molar-refractivity contribution in [3.63, 3.8) is 0 Å². The second kappa shape index (κ2) is 9.61. The smallest absolute Gasteiger partial charge is 0.274 e. The number of nitrogens with two attached hydrogens (primary N) is 1. The lowest BCUT2D eigenvalue weighted by Crippen LogP contribution is -2.46. The van der Waals surface area contributed by atoms with Gasteiger partial charge in [0.15, 0.2) is 5.69 Å². The van der Waals surface area contributed by atoms with E-state index in [-0.39, 0.29) is 36.4 Å². The van der Waals surface area contributed by atoms with E-state index in [4.69, 9.17) is 17.3 Å². The van der Waals surface area contributed by atoms with Gasteiger partial charge in [0.2, 0.25) is 5.69 Å². The van der Waals surface area contributed by atoms with E-state index in [0.29, 0.717) is 36.1 Å². The van der Waals surface area contributed by atoms with E-state index in [0.717, 1.165) is 18.5 Å². The summed E-state index contributed by atoms with van der Waals surface area (Å²) in [5.41, 5.74) is 9.36. The number of aliphatic hydroxyl groups is 1. The summed E-state index contributed by atoms with van der Waals surface area (Å²) in [6.45, 7) is 8.02. The van der Waals surface area contributed by atoms with Gasteiger partial charge in [0.25, 0.3) is 5.91 Å². The van der Waals surface area contributed by atoms with Crippen molar-refractivity contribution in [2.24, 2.45) is 5.73 Å². The Balaban J connectivity index is 1.66. The first-order valence-electron chi connectivity index (χ1n) is 12.0. The second-order valence-corrected chi connectivity index (χ2v) is 9.34. The average molecular weight is 474 g/mol. The van der Waals surface area contributed by atoms with Gasteiger partial charge < -0.3 is 15.7 Å². The summed E-state index contributed by atoms with van der Waals surface area (Å²) < 4.78 is 16.4. The summed E-state index contributed by atoms with van der Waals surface area (Å²) in [7, 11) is 0. The Labute approximate surface area is 203 Å². The van der Waals surface area contributed by atoms with Crippen LogP contribution in [-0.4, -0.2) is 51.2 Å². The molecule has 5 rings (SSSR count). The van der Waals surface area contributed by atoms with Crippen molar-refractivity contribution >= 4 is 11.6 Å². The highest BCUT2D eigenvalue weighted by atomic mass is 19.1. The molecule has 0 unspecified atom stereocenters. The molecule has 1 aliphatic carbocycles. The molecule has 2 fully saturated rings. The molecule has 3 N–H and O–H groups in total. The predicted molar refractivity (Wildman–Crippen MR) is 131 cm³/mol. The molecule has 7 nitrogen and oxygen atoms in total. The molecule has 3 aromatic rings. The highest BCUT2D eigenvalue weighted by Gasteiger charge is 2.30. The largest absolute Gasteiger partial charge is 0.396 e. The Bertz CT molecular complexity index is 1290. The number of carbonyl (C=O) groups is 1. The van der Waals surface area contributed by atoms with Crippen molar-refractivity contribution in [2.45, 2.75) is 44.1 Å². The maximum Gasteiger partial charge on any atom is 0.274 e. The molecule has 0 bridgehead atoms. The third kappa shape index (κ3) is 4.57. The molecule has 0 radical (unpaired) electrons. The maximum atomic E-state index is 14.6. The molecule has 1 aromatic heterocycles. The summed E-state index contributed by atoms with van der Waals surface area (Å²) in [4.78, 5) is 23.2. The van der Waals surface area contributed by atoms with Gasteiger partial charge >= 0.3 is 0 Å². The number of piperidine rings is 1. The lowest BCUT2D eigenvalue weighted by molar-refractivity contribution is 0.0702. The van der Waals surface area contributed by atoms with Crippen LogP contribution in [0, 0.1) is 12.4 Å². The maximum absolute atomic E-state index is 14.6. The number of imidazole rings is 1. The van der Waals surface area contributed by atoms with Crippen LogP contribution < -0.4 is 5.73 Å². The summed E-state index contributed by atoms with van der Waals surface area (Å²) in [6.07, 6.45) is 4.28. The molecule has 1 aliphatic heterocycles. The molecule has 35 heavy (non-hydrogen) atoms. The van der Waals surface area contributed by atoms with Crippen molar-refractivity contribution in [3.05, 3.63) is 76.7 Å². The van der Waals surface area contributed by atoms with E-state index in [2.05, 4.69) is 17.0 Å². The number of aromatic nitrogens is 2. The molecule has 1 saturated heterocycles. The lowest BCUT2D eigenvalue weighted by Gasteiger charge is -2.30. The van der Waals surface area contributed by atoms with Gasteiger partial charge in [0.05, 0.1) is 12.3 Å². The van der Waals surface area contributed by atoms with Crippen LogP contribution in [0.5, 0.6) is 0 Å². The Kier molecular flexibility index (Phi) is 6.37. The van der Waals surface area contributed by atoms with Crippen LogP contribution in [-0.2, 0) is 6.42 Å². The SMILES string of the molecule is [C-]#[N+]c1ccc(-c2nc(C(=O)N3CCC[C@@H](N)C3)c(CCO)n2-c2ccc(C3CC3)cc2)cc1F. The molecule has 8 heteroatoms. The number of hydrogen-bond acceptors (Lipinski definition) is 4. The summed E-state index contributed by atoms with van der Waals surface area (Å²) >= 11 is 0. The van der Waals surface area contributed by atoms with E-state index in [1.165, 1.54) is 30.5 Å². The van der Waals surface area contributed by atoms with Crippen LogP contribution >= 0.6 is 0 Å². The van der Waals surface area contributed by atoms with Gasteiger partial charge in [-0.2, -0.15) is 0 Å². The highest BCUT2D eigenvalue weighted by Crippen LogP contribution is 2.40. The average Bonchev–Trinajstić information content (AvgIpc) is 3.65. The van der Waals surface area contributed by atoms with Crippen LogP contribution in [0.3, 0.4) is 0 Å². The minimum atomic E-state index is -0.644. The fraction of sp³-hybridized carbons (Fsp3) is 0.370. The first kappa shape index (κ1) is 23.2. The normalized spacial score (nSPS) is 17.9. The molecule has 1 saturated carbocycles. The zero-order valence-corrected chi connectivity index (χ0v) is 19.5. The fourth-order valence-electron chi connectivity index (χ4n) is 4.83. The van der Waals surface area contributed by atoms with Gasteiger partial charge in [-0.25, -0.2) is 14.2 Å². The van der Waals surface area contributed by atoms with Crippen molar-refractivity contribution < 1.29 is 14.3 Å². The summed E-state index contributed by atoms with van der Waals surface area (Å²) in [5.74, 6) is 0.109. The number of benzene rings is 2. The Morgan fingerprint density at radius 3 is 2.60 bits per heavy atom. The molecule has 1 atom stereocenters. The Morgan fingerprint density at radius 2 is 1.97 bits per heavy atom. The van der Waals surface area contributed by atoms with Crippen LogP contribution in [0.2, 0.25) is 0 Å². The van der Waals surface area contributed by atoms with Gasteiger partial charge in [-0.1, -0.05) is 24.3 Å². The van der Waals surface area contributed by atoms with Crippen LogP contribution in [0.25, 0.3) is 21.9 Å². The molecule has 180 valence electrons. The third-order valence-electron chi connectivity index (χ3n) is 6.80. The third-order valence-corrected chi connectivity index (χ3v) is 6.80. The first-order valence-corrected chi connectivity index (χ1v) is 12.0. The summed E-state index contributed by atoms with van der Waals surface area (Å²) in [6, 6.07) is 12.4. The van der Waals surface area contributed by atoms with Crippen molar-refractivity contribution in [1.82, 2.24) is 14.5 Å². The zero-order valence-electron chi connectivity index (χ0n) is 19.5. The number of halogens is 1. The minimum Gasteiger partial charge on any atom is -0.396 e. The topological polar surface area (TPSA) is 88.7 Å². The first-order chi connectivity index (χ1) is 17.0. The number of carbonyl (C=O) groups excluding carboxylic acids is 1. The molecule has 2 aliphatic rings. The van der Waals surface area contributed by atoms with E-state index >= 15 is 0 Å². The Hall–Kier alpha value is -3.54. The fourth-order valence-corrected chi connectivity index (χ4v) is 4.83. The number of aliphatic hydroxyl groups excluding tert-OH is 1. The van der Waals surface area contributed by atoms with Gasteiger partial charge in [0, 0.05) is 43.4 Å². The minimum absolute atomic E-state index is 0.0742. The number of amides is 1.